The lowest BCUT2D eigenvalue weighted by Gasteiger charge is -2.21. The first-order valence-corrected chi connectivity index (χ1v) is 8.52. The summed E-state index contributed by atoms with van der Waals surface area (Å²) in [5, 5.41) is 0.298. The summed E-state index contributed by atoms with van der Waals surface area (Å²) in [4.78, 5) is 3.99. The molecule has 2 aliphatic carbocycles. The van der Waals surface area contributed by atoms with Gasteiger partial charge < -0.3 is 0 Å². The molecule has 0 spiro atoms. The van der Waals surface area contributed by atoms with Gasteiger partial charge in [0.25, 0.3) is 0 Å². The van der Waals surface area contributed by atoms with E-state index in [0.717, 1.165) is 11.8 Å². The van der Waals surface area contributed by atoms with Crippen molar-refractivity contribution in [2.45, 2.75) is 30.6 Å². The summed E-state index contributed by atoms with van der Waals surface area (Å²) in [5.74, 6) is 2.06. The number of nitrogens with one attached hydrogen (secondary N) is 1. The largest absolute Gasteiger partial charge is 0.243 e. The number of pyridine rings is 1. The van der Waals surface area contributed by atoms with Crippen LogP contribution >= 0.6 is 11.6 Å². The Labute approximate surface area is 118 Å². The number of sulfonamides is 1. The number of halogens is 1. The average molecular weight is 301 g/mol. The molecular weight excluding hydrogens is 284 g/mol. The van der Waals surface area contributed by atoms with E-state index < -0.39 is 10.0 Å². The van der Waals surface area contributed by atoms with Gasteiger partial charge in [-0.05, 0) is 49.1 Å². The second kappa shape index (κ2) is 5.04. The number of aromatic nitrogens is 1. The quantitative estimate of drug-likeness (QED) is 0.869. The highest BCUT2D eigenvalue weighted by atomic mass is 35.5. The molecule has 1 heterocycles. The van der Waals surface area contributed by atoms with Crippen molar-refractivity contribution in [1.29, 1.82) is 0 Å². The lowest BCUT2D eigenvalue weighted by Crippen LogP contribution is -2.31. The van der Waals surface area contributed by atoms with Crippen LogP contribution in [0, 0.1) is 17.8 Å². The second-order valence-corrected chi connectivity index (χ2v) is 7.76. The van der Waals surface area contributed by atoms with Crippen LogP contribution in [0.5, 0.6) is 0 Å². The molecule has 0 saturated heterocycles. The van der Waals surface area contributed by atoms with Crippen LogP contribution < -0.4 is 4.72 Å². The second-order valence-electron chi connectivity index (χ2n) is 5.60. The van der Waals surface area contributed by atoms with Crippen molar-refractivity contribution in [3.05, 3.63) is 23.5 Å². The average Bonchev–Trinajstić information content (AvgIpc) is 2.99. The van der Waals surface area contributed by atoms with Crippen molar-refractivity contribution >= 4 is 21.6 Å². The normalized spacial score (nSPS) is 29.8. The van der Waals surface area contributed by atoms with Crippen molar-refractivity contribution in [1.82, 2.24) is 9.71 Å². The molecule has 2 bridgehead atoms. The Balaban J connectivity index is 1.64. The molecule has 1 aromatic rings. The Kier molecular flexibility index (Phi) is 3.53. The minimum absolute atomic E-state index is 0.181. The molecule has 0 amide bonds. The highest BCUT2D eigenvalue weighted by Gasteiger charge is 2.39. The molecule has 1 aromatic heterocycles. The molecule has 3 unspecified atom stereocenters. The van der Waals surface area contributed by atoms with E-state index in [0.29, 0.717) is 17.6 Å². The molecule has 104 valence electrons. The molecule has 19 heavy (non-hydrogen) atoms. The topological polar surface area (TPSA) is 59.1 Å². The zero-order valence-electron chi connectivity index (χ0n) is 10.5. The van der Waals surface area contributed by atoms with Crippen molar-refractivity contribution < 1.29 is 8.42 Å². The summed E-state index contributed by atoms with van der Waals surface area (Å²) in [7, 11) is -3.45. The molecular formula is C13H17ClN2O2S. The molecule has 2 fully saturated rings. The maximum absolute atomic E-state index is 12.1. The minimum atomic E-state index is -3.45. The molecule has 0 radical (unpaired) electrons. The third-order valence-corrected chi connectivity index (χ3v) is 6.06. The lowest BCUT2D eigenvalue weighted by atomic mass is 9.89. The molecule has 3 atom stereocenters. The first-order valence-electron chi connectivity index (χ1n) is 6.66. The fraction of sp³-hybridized carbons (Fsp3) is 0.615. The molecule has 4 nitrogen and oxygen atoms in total. The van der Waals surface area contributed by atoms with Crippen LogP contribution in [0.2, 0.25) is 5.15 Å². The van der Waals surface area contributed by atoms with E-state index >= 15 is 0 Å². The third kappa shape index (κ3) is 2.78. The van der Waals surface area contributed by atoms with Crippen LogP contribution in [0.4, 0.5) is 0 Å². The number of hydrogen-bond acceptors (Lipinski definition) is 3. The first kappa shape index (κ1) is 13.3. The summed E-state index contributed by atoms with van der Waals surface area (Å²) in [6.45, 7) is 0.548. The highest BCUT2D eigenvalue weighted by Crippen LogP contribution is 2.48. The monoisotopic (exact) mass is 300 g/mol. The van der Waals surface area contributed by atoms with Gasteiger partial charge in [-0.15, -0.1) is 0 Å². The van der Waals surface area contributed by atoms with E-state index in [1.807, 2.05) is 0 Å². The summed E-state index contributed by atoms with van der Waals surface area (Å²) in [6.07, 6.45) is 6.35. The SMILES string of the molecule is O=S(=O)(NCC1CC2CCC1C2)c1ccc(Cl)nc1. The predicted octanol–water partition coefficient (Wildman–Crippen LogP) is 2.45. The first-order chi connectivity index (χ1) is 9.04. The molecule has 1 N–H and O–H groups in total. The van der Waals surface area contributed by atoms with Gasteiger partial charge >= 0.3 is 0 Å². The van der Waals surface area contributed by atoms with E-state index in [1.165, 1.54) is 44.0 Å². The fourth-order valence-corrected chi connectivity index (χ4v) is 4.60. The van der Waals surface area contributed by atoms with E-state index in [1.54, 1.807) is 0 Å². The highest BCUT2D eigenvalue weighted by molar-refractivity contribution is 7.89. The Hall–Kier alpha value is -0.650. The number of rotatable bonds is 4. The van der Waals surface area contributed by atoms with E-state index in [-0.39, 0.29) is 4.90 Å². The molecule has 2 aliphatic rings. The minimum Gasteiger partial charge on any atom is -0.243 e. The Morgan fingerprint density at radius 1 is 1.32 bits per heavy atom. The Bertz CT molecular complexity index is 559. The van der Waals surface area contributed by atoms with Crippen molar-refractivity contribution in [3.8, 4) is 0 Å². The van der Waals surface area contributed by atoms with Gasteiger partial charge in [-0.2, -0.15) is 0 Å². The molecule has 2 saturated carbocycles. The van der Waals surface area contributed by atoms with Gasteiger partial charge in [-0.1, -0.05) is 18.0 Å². The third-order valence-electron chi connectivity index (χ3n) is 4.43. The lowest BCUT2D eigenvalue weighted by molar-refractivity contribution is 0.333. The summed E-state index contributed by atoms with van der Waals surface area (Å²) < 4.78 is 26.9. The molecule has 0 aliphatic heterocycles. The van der Waals surface area contributed by atoms with Gasteiger partial charge in [-0.3, -0.25) is 0 Å². The predicted molar refractivity (Wildman–Crippen MR) is 73.4 cm³/mol. The maximum Gasteiger partial charge on any atom is 0.242 e. The van der Waals surface area contributed by atoms with Crippen molar-refractivity contribution in [2.75, 3.05) is 6.54 Å². The number of fused-ring (bicyclic) bond motifs is 2. The van der Waals surface area contributed by atoms with Gasteiger partial charge in [0.1, 0.15) is 10.0 Å². The van der Waals surface area contributed by atoms with E-state index in [2.05, 4.69) is 9.71 Å². The van der Waals surface area contributed by atoms with Crippen LogP contribution in [0.1, 0.15) is 25.7 Å². The van der Waals surface area contributed by atoms with Crippen LogP contribution in [-0.4, -0.2) is 19.9 Å². The van der Waals surface area contributed by atoms with Crippen molar-refractivity contribution in [2.24, 2.45) is 17.8 Å². The zero-order chi connectivity index (χ0) is 13.5. The summed E-state index contributed by atoms with van der Waals surface area (Å²) in [5.41, 5.74) is 0. The van der Waals surface area contributed by atoms with Crippen LogP contribution in [0.15, 0.2) is 23.2 Å². The van der Waals surface area contributed by atoms with Gasteiger partial charge in [-0.25, -0.2) is 18.1 Å². The van der Waals surface area contributed by atoms with Crippen LogP contribution in [0.25, 0.3) is 0 Å². The fourth-order valence-electron chi connectivity index (χ4n) is 3.45. The smallest absolute Gasteiger partial charge is 0.242 e. The summed E-state index contributed by atoms with van der Waals surface area (Å²) in [6, 6.07) is 2.98. The maximum atomic E-state index is 12.1. The number of hydrogen-bond donors (Lipinski definition) is 1. The van der Waals surface area contributed by atoms with Gasteiger partial charge in [0, 0.05) is 12.7 Å². The van der Waals surface area contributed by atoms with Crippen LogP contribution in [0.3, 0.4) is 0 Å². The van der Waals surface area contributed by atoms with Gasteiger partial charge in [0.15, 0.2) is 0 Å². The standard InChI is InChI=1S/C13H17ClN2O2S/c14-13-4-3-12(8-15-13)19(17,18)16-7-11-6-9-1-2-10(11)5-9/h3-4,8-11,16H,1-2,5-7H2. The van der Waals surface area contributed by atoms with Crippen molar-refractivity contribution in [3.63, 3.8) is 0 Å². The molecule has 0 aromatic carbocycles. The number of nitrogens with zero attached hydrogens (tertiary/aromatic N) is 1. The van der Waals surface area contributed by atoms with Gasteiger partial charge in [0.05, 0.1) is 0 Å². The molecule has 6 heteroatoms. The van der Waals surface area contributed by atoms with Crippen LogP contribution in [-0.2, 0) is 10.0 Å². The molecule has 3 rings (SSSR count). The Morgan fingerprint density at radius 2 is 2.16 bits per heavy atom. The van der Waals surface area contributed by atoms with Gasteiger partial charge in [0.2, 0.25) is 10.0 Å². The van der Waals surface area contributed by atoms with E-state index in [4.69, 9.17) is 11.6 Å². The summed E-state index contributed by atoms with van der Waals surface area (Å²) >= 11 is 5.66. The zero-order valence-corrected chi connectivity index (χ0v) is 12.1. The van der Waals surface area contributed by atoms with E-state index in [9.17, 15) is 8.42 Å². The Morgan fingerprint density at radius 3 is 2.74 bits per heavy atom.